The molecule has 2 aromatic heterocycles. The van der Waals surface area contributed by atoms with Gasteiger partial charge in [0.15, 0.2) is 0 Å². The zero-order chi connectivity index (χ0) is 40.9. The maximum atomic E-state index is 7.26. The Morgan fingerprint density at radius 1 is 0.468 bits per heavy atom. The largest absolute Gasteiger partial charge is 1.00 e. The summed E-state index contributed by atoms with van der Waals surface area (Å²) in [4.78, 5) is 0. The van der Waals surface area contributed by atoms with E-state index in [-0.39, 0.29) is 44.8 Å². The molecule has 7 aromatic carbocycles. The topological polar surface area (TPSA) is 0 Å². The first kappa shape index (κ1) is 47.4. The van der Waals surface area contributed by atoms with Crippen molar-refractivity contribution in [2.75, 3.05) is 12.3 Å². The second kappa shape index (κ2) is 24.1. The van der Waals surface area contributed by atoms with Crippen LogP contribution in [0.5, 0.6) is 0 Å². The number of benzene rings is 7. The first-order chi connectivity index (χ1) is 29.7. The molecule has 2 unspecified atom stereocenters. The third-order valence-corrected chi connectivity index (χ3v) is 19.7. The van der Waals surface area contributed by atoms with Gasteiger partial charge in [-0.15, -0.1) is 23.3 Å². The molecule has 0 saturated carbocycles. The molecule has 6 heteroatoms. The van der Waals surface area contributed by atoms with Crippen LogP contribution in [0.1, 0.15) is 30.4 Å². The summed E-state index contributed by atoms with van der Waals surface area (Å²) in [7, 11) is -1.28. The minimum absolute atomic E-state index is 0. The Morgan fingerprint density at radius 2 is 0.903 bits per heavy atom. The van der Waals surface area contributed by atoms with Crippen LogP contribution in [-0.4, -0.2) is 18.0 Å². The van der Waals surface area contributed by atoms with Gasteiger partial charge in [-0.2, -0.15) is 22.7 Å². The van der Waals surface area contributed by atoms with Gasteiger partial charge in [-0.05, 0) is 98.4 Å². The number of unbranched alkanes of at least 4 members (excludes halogenated alkanes) is 1. The van der Waals surface area contributed by atoms with Crippen molar-refractivity contribution < 1.29 is 44.8 Å². The molecule has 0 amide bonds. The summed E-state index contributed by atoms with van der Waals surface area (Å²) in [6.45, 7) is 0. The Kier molecular flexibility index (Phi) is 18.4. The monoisotopic (exact) mass is 1240 g/mol. The molecule has 2 heterocycles. The van der Waals surface area contributed by atoms with Gasteiger partial charge < -0.3 is 12.8 Å². The molecule has 62 heavy (non-hydrogen) atoms. The van der Waals surface area contributed by atoms with Gasteiger partial charge in [-0.3, -0.25) is 11.8 Å². The van der Waals surface area contributed by atoms with Crippen molar-refractivity contribution in [3.8, 4) is 11.8 Å². The number of rotatable bonds is 9. The molecular formula is C56H46Au2P2S2+2. The smallest absolute Gasteiger partial charge is 0.366 e. The summed E-state index contributed by atoms with van der Waals surface area (Å²) < 4.78 is 4.87. The van der Waals surface area contributed by atoms with Crippen molar-refractivity contribution >= 4 is 94.8 Å². The molecule has 0 saturated heterocycles. The quantitative estimate of drug-likeness (QED) is 0.0444. The number of thiophene rings is 2. The van der Waals surface area contributed by atoms with Crippen LogP contribution in [0.4, 0.5) is 0 Å². The van der Waals surface area contributed by atoms with E-state index in [4.69, 9.17) is 12.8 Å². The molecule has 0 fully saturated rings. The molecule has 10 rings (SSSR count). The molecule has 0 spiro atoms. The van der Waals surface area contributed by atoms with Crippen LogP contribution in [0.25, 0.3) is 40.3 Å². The fourth-order valence-corrected chi connectivity index (χ4v) is 16.2. The SMILES string of the molecule is C1=CCC([PH+](CCCC[PH+](c2ccccc2)c2ccccc2)c2ccccc2)C=C1.[Au+].[Au+].[C-]#Cc1cccc2c1sc1ccccc12.[C-]#Cc1cccc2c1sc1ccccc12. The second-order valence-electron chi connectivity index (χ2n) is 14.8. The van der Waals surface area contributed by atoms with Gasteiger partial charge in [-0.25, -0.2) is 0 Å². The van der Waals surface area contributed by atoms with E-state index in [1.165, 1.54) is 62.5 Å². The Morgan fingerprint density at radius 3 is 1.37 bits per heavy atom. The van der Waals surface area contributed by atoms with E-state index in [1.807, 2.05) is 36.4 Å². The maximum absolute atomic E-state index is 7.26. The van der Waals surface area contributed by atoms with Gasteiger partial charge in [0.25, 0.3) is 0 Å². The third kappa shape index (κ3) is 11.5. The van der Waals surface area contributed by atoms with Crippen molar-refractivity contribution in [2.45, 2.75) is 24.9 Å². The average Bonchev–Trinajstić information content (AvgIpc) is 3.91. The van der Waals surface area contributed by atoms with Crippen LogP contribution < -0.4 is 15.9 Å². The molecule has 0 N–H and O–H groups in total. The predicted octanol–water partition coefficient (Wildman–Crippen LogP) is 14.0. The number of hydrogen-bond donors (Lipinski definition) is 0. The molecule has 1 aliphatic carbocycles. The van der Waals surface area contributed by atoms with E-state index in [0.717, 1.165) is 26.2 Å². The van der Waals surface area contributed by atoms with Crippen LogP contribution >= 0.6 is 38.5 Å². The number of fused-ring (bicyclic) bond motifs is 6. The molecule has 0 nitrogen and oxygen atoms in total. The summed E-state index contributed by atoms with van der Waals surface area (Å²) in [5.74, 6) is 4.98. The van der Waals surface area contributed by atoms with Gasteiger partial charge in [-0.1, -0.05) is 133 Å². The molecule has 0 radical (unpaired) electrons. The van der Waals surface area contributed by atoms with Crippen molar-refractivity contribution in [1.29, 1.82) is 0 Å². The normalized spacial score (nSPS) is 13.2. The zero-order valence-corrected chi connectivity index (χ0v) is 42.1. The van der Waals surface area contributed by atoms with Gasteiger partial charge in [0.2, 0.25) is 0 Å². The Bertz CT molecular complexity index is 2790. The summed E-state index contributed by atoms with van der Waals surface area (Å²) in [6.07, 6.45) is 30.4. The van der Waals surface area contributed by atoms with Crippen molar-refractivity contribution in [2.24, 2.45) is 0 Å². The summed E-state index contributed by atoms with van der Waals surface area (Å²) in [5.41, 5.74) is 2.50. The second-order valence-corrected chi connectivity index (χ2v) is 22.4. The Labute approximate surface area is 409 Å². The van der Waals surface area contributed by atoms with E-state index in [1.54, 1.807) is 38.6 Å². The fourth-order valence-electron chi connectivity index (χ4n) is 8.08. The van der Waals surface area contributed by atoms with Gasteiger partial charge in [0.05, 0.1) is 41.8 Å². The third-order valence-electron chi connectivity index (χ3n) is 11.0. The van der Waals surface area contributed by atoms with Crippen molar-refractivity contribution in [3.63, 3.8) is 0 Å². The van der Waals surface area contributed by atoms with Crippen LogP contribution in [0.2, 0.25) is 0 Å². The minimum Gasteiger partial charge on any atom is -0.366 e. The predicted molar refractivity (Wildman–Crippen MR) is 272 cm³/mol. The van der Waals surface area contributed by atoms with Crippen molar-refractivity contribution in [3.05, 3.63) is 224 Å². The molecule has 1 aliphatic rings. The Hall–Kier alpha value is -4.08. The molecule has 2 atom stereocenters. The fraction of sp³-hybridized carbons (Fsp3) is 0.107. The molecule has 9 aromatic rings. The van der Waals surface area contributed by atoms with Crippen LogP contribution in [0.3, 0.4) is 0 Å². The summed E-state index contributed by atoms with van der Waals surface area (Å²) in [6, 6.07) is 62.4. The Balaban J connectivity index is 0.000000168. The van der Waals surface area contributed by atoms with E-state index in [2.05, 4.69) is 176 Å². The molecular weight excluding hydrogens is 1190 g/mol. The van der Waals surface area contributed by atoms with Crippen LogP contribution in [0, 0.1) is 24.7 Å². The first-order valence-corrected chi connectivity index (χ1v) is 25.7. The molecule has 0 bridgehead atoms. The van der Waals surface area contributed by atoms with E-state index in [0.29, 0.717) is 0 Å². The van der Waals surface area contributed by atoms with Crippen LogP contribution in [-0.2, 0) is 44.8 Å². The molecule has 312 valence electrons. The van der Waals surface area contributed by atoms with Crippen LogP contribution in [0.15, 0.2) is 200 Å². The zero-order valence-electron chi connectivity index (χ0n) is 34.1. The van der Waals surface area contributed by atoms with E-state index >= 15 is 0 Å². The maximum Gasteiger partial charge on any atom is 1.00 e. The van der Waals surface area contributed by atoms with Gasteiger partial charge >= 0.3 is 44.8 Å². The van der Waals surface area contributed by atoms with Gasteiger partial charge in [0, 0.05) is 23.7 Å². The van der Waals surface area contributed by atoms with E-state index in [9.17, 15) is 0 Å². The summed E-state index contributed by atoms with van der Waals surface area (Å²) >= 11 is 3.46. The van der Waals surface area contributed by atoms with Crippen molar-refractivity contribution in [1.82, 2.24) is 0 Å². The summed E-state index contributed by atoms with van der Waals surface area (Å²) in [5, 5.41) is 9.69. The number of allylic oxidation sites excluding steroid dienone is 4. The minimum atomic E-state index is -0.700. The molecule has 0 aliphatic heterocycles. The first-order valence-electron chi connectivity index (χ1n) is 20.6. The van der Waals surface area contributed by atoms with E-state index < -0.39 is 15.8 Å². The van der Waals surface area contributed by atoms with Gasteiger partial charge in [0.1, 0.15) is 0 Å². The average molecular weight is 1240 g/mol. The standard InChI is InChI=1S/C28H30P2.2C14H7S.2Au/c1-5-15-25(16-6-1)29(26-17-7-2-8-18-26)23-13-14-24-30(27-19-9-3-10-20-27)28-21-11-4-12-22-28;2*1-2-10-6-5-8-12-11-7-3-4-9-13(11)15-14(10)12;;/h1-12,15-21,28H,13-14,22-24H2;2*3-9H;;/q;2*-1;2*+1/p+2. The number of hydrogen-bond acceptors (Lipinski definition) is 2.